The molecule has 0 aliphatic heterocycles. The first-order chi connectivity index (χ1) is 10.2. The molecule has 110 valence electrons. The molecule has 0 bridgehead atoms. The Hall–Kier alpha value is -1.46. The number of ether oxygens (including phenoxy) is 1. The van der Waals surface area contributed by atoms with Gasteiger partial charge in [0.15, 0.2) is 5.82 Å². The van der Waals surface area contributed by atoms with Gasteiger partial charge in [0.2, 0.25) is 0 Å². The van der Waals surface area contributed by atoms with Crippen LogP contribution in [0.4, 0.5) is 5.82 Å². The van der Waals surface area contributed by atoms with Crippen molar-refractivity contribution in [3.8, 4) is 11.3 Å². The fraction of sp³-hybridized carbons (Fsp3) is 0.375. The van der Waals surface area contributed by atoms with Gasteiger partial charge in [-0.1, -0.05) is 30.3 Å². The molecule has 1 aromatic carbocycles. The average molecular weight is 348 g/mol. The second kappa shape index (κ2) is 5.73. The average Bonchev–Trinajstić information content (AvgIpc) is 3.01. The number of nitrogens with two attached hydrogens (primary N) is 1. The van der Waals surface area contributed by atoms with Crippen LogP contribution in [0.3, 0.4) is 0 Å². The molecule has 0 radical (unpaired) electrons. The molecule has 0 saturated heterocycles. The summed E-state index contributed by atoms with van der Waals surface area (Å²) in [5.41, 5.74) is 7.53. The second-order valence-corrected chi connectivity index (χ2v) is 6.16. The first kappa shape index (κ1) is 14.5. The van der Waals surface area contributed by atoms with Gasteiger partial charge in [-0.15, -0.1) is 0 Å². The molecular weight excluding hydrogens is 330 g/mol. The SMILES string of the molecule is COC1(c2nc(N)c(Br)c(-c3ccccc3)n2)CCCC1. The zero-order valence-electron chi connectivity index (χ0n) is 12.0. The summed E-state index contributed by atoms with van der Waals surface area (Å²) in [7, 11) is 1.73. The van der Waals surface area contributed by atoms with Gasteiger partial charge in [-0.2, -0.15) is 0 Å². The molecule has 4 nitrogen and oxygen atoms in total. The summed E-state index contributed by atoms with van der Waals surface area (Å²) in [4.78, 5) is 9.24. The molecule has 5 heteroatoms. The van der Waals surface area contributed by atoms with E-state index in [9.17, 15) is 0 Å². The van der Waals surface area contributed by atoms with Crippen LogP contribution in [0, 0.1) is 0 Å². The van der Waals surface area contributed by atoms with Gasteiger partial charge >= 0.3 is 0 Å². The largest absolute Gasteiger partial charge is 0.383 e. The Morgan fingerprint density at radius 1 is 1.14 bits per heavy atom. The van der Waals surface area contributed by atoms with Crippen molar-refractivity contribution in [3.63, 3.8) is 0 Å². The van der Waals surface area contributed by atoms with Crippen LogP contribution in [0.2, 0.25) is 0 Å². The molecule has 0 unspecified atom stereocenters. The number of nitrogens with zero attached hydrogens (tertiary/aromatic N) is 2. The molecule has 3 rings (SSSR count). The van der Waals surface area contributed by atoms with Crippen LogP contribution in [0.1, 0.15) is 31.5 Å². The van der Waals surface area contributed by atoms with E-state index in [4.69, 9.17) is 15.5 Å². The maximum absolute atomic E-state index is 6.09. The number of anilines is 1. The molecule has 1 saturated carbocycles. The van der Waals surface area contributed by atoms with E-state index in [-0.39, 0.29) is 0 Å². The number of rotatable bonds is 3. The molecule has 21 heavy (non-hydrogen) atoms. The van der Waals surface area contributed by atoms with E-state index >= 15 is 0 Å². The second-order valence-electron chi connectivity index (χ2n) is 5.37. The minimum atomic E-state index is -0.391. The Morgan fingerprint density at radius 3 is 2.43 bits per heavy atom. The van der Waals surface area contributed by atoms with Crippen molar-refractivity contribution in [2.75, 3.05) is 12.8 Å². The molecule has 1 aliphatic carbocycles. The molecule has 1 aliphatic rings. The lowest BCUT2D eigenvalue weighted by Crippen LogP contribution is -2.28. The van der Waals surface area contributed by atoms with E-state index in [0.717, 1.165) is 41.4 Å². The van der Waals surface area contributed by atoms with Crippen LogP contribution in [0.25, 0.3) is 11.3 Å². The summed E-state index contributed by atoms with van der Waals surface area (Å²) >= 11 is 3.51. The normalized spacial score (nSPS) is 17.0. The van der Waals surface area contributed by atoms with E-state index in [0.29, 0.717) is 11.6 Å². The van der Waals surface area contributed by atoms with Crippen LogP contribution in [0.15, 0.2) is 34.8 Å². The zero-order valence-corrected chi connectivity index (χ0v) is 13.6. The number of aromatic nitrogens is 2. The highest BCUT2D eigenvalue weighted by molar-refractivity contribution is 9.10. The van der Waals surface area contributed by atoms with Crippen molar-refractivity contribution in [3.05, 3.63) is 40.6 Å². The van der Waals surface area contributed by atoms with Crippen molar-refractivity contribution in [2.45, 2.75) is 31.3 Å². The number of hydrogen-bond donors (Lipinski definition) is 1. The molecule has 0 spiro atoms. The molecule has 1 aromatic heterocycles. The quantitative estimate of drug-likeness (QED) is 0.914. The number of methoxy groups -OCH3 is 1. The maximum atomic E-state index is 6.09. The Balaban J connectivity index is 2.14. The van der Waals surface area contributed by atoms with Gasteiger partial charge in [0.1, 0.15) is 11.4 Å². The number of halogens is 1. The third-order valence-corrected chi connectivity index (χ3v) is 4.92. The molecule has 2 N–H and O–H groups in total. The third kappa shape index (κ3) is 2.56. The molecular formula is C16H18BrN3O. The summed E-state index contributed by atoms with van der Waals surface area (Å²) in [5.74, 6) is 1.16. The van der Waals surface area contributed by atoms with Gasteiger partial charge in [0.25, 0.3) is 0 Å². The third-order valence-electron chi connectivity index (χ3n) is 4.13. The van der Waals surface area contributed by atoms with Crippen molar-refractivity contribution < 1.29 is 4.74 Å². The molecule has 1 fully saturated rings. The van der Waals surface area contributed by atoms with Gasteiger partial charge in [-0.25, -0.2) is 9.97 Å². The highest BCUT2D eigenvalue weighted by Crippen LogP contribution is 2.42. The summed E-state index contributed by atoms with van der Waals surface area (Å²) in [5, 5.41) is 0. The van der Waals surface area contributed by atoms with Crippen LogP contribution >= 0.6 is 15.9 Å². The molecule has 1 heterocycles. The number of hydrogen-bond acceptors (Lipinski definition) is 4. The first-order valence-corrected chi connectivity index (χ1v) is 7.90. The Kier molecular flexibility index (Phi) is 3.95. The molecule has 0 amide bonds. The summed E-state index contributed by atoms with van der Waals surface area (Å²) < 4.78 is 6.51. The number of benzene rings is 1. The minimum absolute atomic E-state index is 0.391. The van der Waals surface area contributed by atoms with Gasteiger partial charge < -0.3 is 10.5 Å². The highest BCUT2D eigenvalue weighted by atomic mass is 79.9. The predicted molar refractivity (Wildman–Crippen MR) is 86.7 cm³/mol. The van der Waals surface area contributed by atoms with Crippen molar-refractivity contribution in [1.29, 1.82) is 0 Å². The molecule has 2 aromatic rings. The van der Waals surface area contributed by atoms with Gasteiger partial charge in [-0.3, -0.25) is 0 Å². The lowest BCUT2D eigenvalue weighted by molar-refractivity contribution is -0.0161. The lowest BCUT2D eigenvalue weighted by Gasteiger charge is -2.26. The lowest BCUT2D eigenvalue weighted by atomic mass is 10.0. The standard InChI is InChI=1S/C16H18BrN3O/c1-21-16(9-5-6-10-16)15-19-13(12(17)14(18)20-15)11-7-3-2-4-8-11/h2-4,7-8H,5-6,9-10H2,1H3,(H2,18,19,20). The van der Waals surface area contributed by atoms with Crippen molar-refractivity contribution in [2.24, 2.45) is 0 Å². The smallest absolute Gasteiger partial charge is 0.163 e. The fourth-order valence-corrected chi connectivity index (χ4v) is 3.33. The highest BCUT2D eigenvalue weighted by Gasteiger charge is 2.39. The van der Waals surface area contributed by atoms with E-state index in [1.54, 1.807) is 7.11 Å². The monoisotopic (exact) mass is 347 g/mol. The van der Waals surface area contributed by atoms with Crippen LogP contribution in [0.5, 0.6) is 0 Å². The van der Waals surface area contributed by atoms with E-state index in [1.807, 2.05) is 30.3 Å². The van der Waals surface area contributed by atoms with Gasteiger partial charge in [0.05, 0.1) is 10.2 Å². The minimum Gasteiger partial charge on any atom is -0.383 e. The van der Waals surface area contributed by atoms with Crippen LogP contribution < -0.4 is 5.73 Å². The van der Waals surface area contributed by atoms with Crippen molar-refractivity contribution in [1.82, 2.24) is 9.97 Å². The first-order valence-electron chi connectivity index (χ1n) is 7.10. The summed E-state index contributed by atoms with van der Waals surface area (Å²) in [6.07, 6.45) is 4.15. The summed E-state index contributed by atoms with van der Waals surface area (Å²) in [6.45, 7) is 0. The van der Waals surface area contributed by atoms with E-state index in [2.05, 4.69) is 20.9 Å². The van der Waals surface area contributed by atoms with Crippen molar-refractivity contribution >= 4 is 21.7 Å². The van der Waals surface area contributed by atoms with Gasteiger partial charge in [0, 0.05) is 12.7 Å². The predicted octanol–water partition coefficient (Wildman–Crippen LogP) is 3.90. The van der Waals surface area contributed by atoms with Crippen LogP contribution in [-0.4, -0.2) is 17.1 Å². The Morgan fingerprint density at radius 2 is 1.81 bits per heavy atom. The van der Waals surface area contributed by atoms with Crippen LogP contribution in [-0.2, 0) is 10.3 Å². The topological polar surface area (TPSA) is 61.0 Å². The molecule has 0 atom stereocenters. The maximum Gasteiger partial charge on any atom is 0.163 e. The van der Waals surface area contributed by atoms with E-state index in [1.165, 1.54) is 0 Å². The van der Waals surface area contributed by atoms with E-state index < -0.39 is 5.60 Å². The Labute approximate surface area is 132 Å². The fourth-order valence-electron chi connectivity index (χ4n) is 2.92. The Bertz CT molecular complexity index is 639. The number of nitrogen functional groups attached to an aromatic ring is 1. The van der Waals surface area contributed by atoms with Gasteiger partial charge in [-0.05, 0) is 41.6 Å². The summed E-state index contributed by atoms with van der Waals surface area (Å²) in [6, 6.07) is 9.99. The zero-order chi connectivity index (χ0) is 14.9.